The molecule has 4 rings (SSSR count). The van der Waals surface area contributed by atoms with Crippen LogP contribution in [0.4, 0.5) is 4.39 Å². The molecule has 2 aromatic heterocycles. The highest BCUT2D eigenvalue weighted by atomic mass is 19.1. The topological polar surface area (TPSA) is 71.1 Å². The number of halogens is 1. The molecule has 1 N–H and O–H groups in total. The highest BCUT2D eigenvalue weighted by Crippen LogP contribution is 2.21. The third-order valence-corrected chi connectivity index (χ3v) is 4.65. The van der Waals surface area contributed by atoms with Crippen molar-refractivity contribution in [3.05, 3.63) is 60.1 Å². The Hall–Kier alpha value is -2.80. The normalized spacial score (nSPS) is 17.6. The van der Waals surface area contributed by atoms with Gasteiger partial charge in [0.25, 0.3) is 5.91 Å². The lowest BCUT2D eigenvalue weighted by Gasteiger charge is -2.35. The molecule has 1 aromatic carbocycles. The van der Waals surface area contributed by atoms with Gasteiger partial charge < -0.3 is 14.6 Å². The maximum atomic E-state index is 13.4. The lowest BCUT2D eigenvalue weighted by molar-refractivity contribution is -0.00438. The van der Waals surface area contributed by atoms with E-state index >= 15 is 0 Å². The van der Waals surface area contributed by atoms with Crippen molar-refractivity contribution in [1.29, 1.82) is 0 Å². The molecular formula is C19H19FN4O2. The van der Waals surface area contributed by atoms with E-state index in [2.05, 4.69) is 15.0 Å². The molecule has 1 aliphatic heterocycles. The molecule has 1 saturated heterocycles. The fourth-order valence-electron chi connectivity index (χ4n) is 3.30. The zero-order valence-corrected chi connectivity index (χ0v) is 14.2. The number of morpholine rings is 1. The summed E-state index contributed by atoms with van der Waals surface area (Å²) in [5.41, 5.74) is 1.99. The molecule has 0 spiro atoms. The van der Waals surface area contributed by atoms with Crippen molar-refractivity contribution in [3.63, 3.8) is 0 Å². The van der Waals surface area contributed by atoms with Crippen molar-refractivity contribution in [2.24, 2.45) is 0 Å². The molecule has 1 unspecified atom stereocenters. The monoisotopic (exact) mass is 354 g/mol. The second kappa shape index (κ2) is 7.21. The predicted molar refractivity (Wildman–Crippen MR) is 94.3 cm³/mol. The third kappa shape index (κ3) is 3.43. The smallest absolute Gasteiger partial charge is 0.270 e. The summed E-state index contributed by atoms with van der Waals surface area (Å²) in [6.07, 6.45) is 6.52. The Morgan fingerprint density at radius 2 is 2.27 bits per heavy atom. The van der Waals surface area contributed by atoms with Crippen LogP contribution in [0.3, 0.4) is 0 Å². The van der Waals surface area contributed by atoms with Gasteiger partial charge in [-0.15, -0.1) is 0 Å². The van der Waals surface area contributed by atoms with Gasteiger partial charge in [-0.05, 0) is 37.1 Å². The van der Waals surface area contributed by atoms with Crippen molar-refractivity contribution in [2.75, 3.05) is 19.8 Å². The molecule has 3 aromatic rings. The molecule has 26 heavy (non-hydrogen) atoms. The molecule has 1 aliphatic rings. The fraction of sp³-hybridized carbons (Fsp3) is 0.316. The van der Waals surface area contributed by atoms with Gasteiger partial charge in [0.1, 0.15) is 11.5 Å². The van der Waals surface area contributed by atoms with Gasteiger partial charge in [0, 0.05) is 36.0 Å². The summed E-state index contributed by atoms with van der Waals surface area (Å²) in [5, 5.41) is 0.819. The molecule has 0 radical (unpaired) electrons. The number of aryl methyl sites for hydroxylation is 1. The number of nitrogens with one attached hydrogen (secondary N) is 1. The van der Waals surface area contributed by atoms with E-state index in [0.29, 0.717) is 31.0 Å². The number of aromatic nitrogens is 3. The van der Waals surface area contributed by atoms with Crippen molar-refractivity contribution < 1.29 is 13.9 Å². The molecule has 6 nitrogen and oxygen atoms in total. The van der Waals surface area contributed by atoms with Crippen LogP contribution in [0.1, 0.15) is 22.6 Å². The molecule has 7 heteroatoms. The maximum Gasteiger partial charge on any atom is 0.270 e. The maximum absolute atomic E-state index is 13.4. The number of hydrogen-bond donors (Lipinski definition) is 1. The van der Waals surface area contributed by atoms with Gasteiger partial charge in [-0.3, -0.25) is 14.8 Å². The van der Waals surface area contributed by atoms with E-state index in [4.69, 9.17) is 4.74 Å². The summed E-state index contributed by atoms with van der Waals surface area (Å²) in [6.45, 7) is 1.55. The first-order valence-corrected chi connectivity index (χ1v) is 8.62. The fourth-order valence-corrected chi connectivity index (χ4v) is 3.30. The molecule has 0 bridgehead atoms. The molecule has 0 aliphatic carbocycles. The van der Waals surface area contributed by atoms with Crippen LogP contribution in [0, 0.1) is 5.82 Å². The van der Waals surface area contributed by atoms with Gasteiger partial charge in [-0.1, -0.05) is 0 Å². The standard InChI is InChI=1S/C19H19FN4O2/c20-14-2-1-13-9-18(23-17(13)10-14)19(25)24-7-8-26-12-16(24)4-3-15-11-21-5-6-22-15/h1-2,5-6,9-11,16,23H,3-4,7-8,12H2. The number of rotatable bonds is 4. The number of H-pyrrole nitrogens is 1. The number of nitrogens with zero attached hydrogens (tertiary/aromatic N) is 3. The van der Waals surface area contributed by atoms with Crippen LogP contribution >= 0.6 is 0 Å². The lowest BCUT2D eigenvalue weighted by Crippen LogP contribution is -2.49. The average Bonchev–Trinajstić information content (AvgIpc) is 3.10. The first kappa shape index (κ1) is 16.7. The van der Waals surface area contributed by atoms with Crippen molar-refractivity contribution in [3.8, 4) is 0 Å². The number of ether oxygens (including phenoxy) is 1. The van der Waals surface area contributed by atoms with Crippen LogP contribution in [-0.2, 0) is 11.2 Å². The molecule has 1 atom stereocenters. The Bertz CT molecular complexity index is 912. The first-order chi connectivity index (χ1) is 12.7. The van der Waals surface area contributed by atoms with Crippen LogP contribution < -0.4 is 0 Å². The minimum atomic E-state index is -0.327. The molecular weight excluding hydrogens is 335 g/mol. The number of aromatic amines is 1. The number of fused-ring (bicyclic) bond motifs is 1. The summed E-state index contributed by atoms with van der Waals surface area (Å²) in [4.78, 5) is 26.2. The van der Waals surface area contributed by atoms with Crippen LogP contribution in [0.5, 0.6) is 0 Å². The molecule has 134 valence electrons. The number of carbonyl (C=O) groups is 1. The Kier molecular flexibility index (Phi) is 4.62. The van der Waals surface area contributed by atoms with Crippen LogP contribution in [0.2, 0.25) is 0 Å². The van der Waals surface area contributed by atoms with Crippen molar-refractivity contribution >= 4 is 16.8 Å². The molecule has 1 fully saturated rings. The van der Waals surface area contributed by atoms with Crippen LogP contribution in [-0.4, -0.2) is 51.6 Å². The third-order valence-electron chi connectivity index (χ3n) is 4.65. The van der Waals surface area contributed by atoms with Gasteiger partial charge in [-0.25, -0.2) is 4.39 Å². The lowest BCUT2D eigenvalue weighted by atomic mass is 10.1. The predicted octanol–water partition coefficient (Wildman–Crippen LogP) is 2.57. The Labute approximate surface area is 150 Å². The van der Waals surface area contributed by atoms with Gasteiger partial charge in [-0.2, -0.15) is 0 Å². The van der Waals surface area contributed by atoms with E-state index in [-0.39, 0.29) is 17.8 Å². The molecule has 3 heterocycles. The zero-order chi connectivity index (χ0) is 17.9. The van der Waals surface area contributed by atoms with Crippen molar-refractivity contribution in [1.82, 2.24) is 19.9 Å². The number of hydrogen-bond acceptors (Lipinski definition) is 4. The van der Waals surface area contributed by atoms with E-state index in [1.807, 2.05) is 4.90 Å². The van der Waals surface area contributed by atoms with Gasteiger partial charge in [0.05, 0.1) is 24.9 Å². The first-order valence-electron chi connectivity index (χ1n) is 8.62. The highest BCUT2D eigenvalue weighted by molar-refractivity contribution is 5.98. The van der Waals surface area contributed by atoms with Gasteiger partial charge in [0.2, 0.25) is 0 Å². The molecule has 0 saturated carbocycles. The Morgan fingerprint density at radius 1 is 1.35 bits per heavy atom. The van der Waals surface area contributed by atoms with E-state index < -0.39 is 0 Å². The highest BCUT2D eigenvalue weighted by Gasteiger charge is 2.28. The summed E-state index contributed by atoms with van der Waals surface area (Å²) >= 11 is 0. The minimum Gasteiger partial charge on any atom is -0.377 e. The minimum absolute atomic E-state index is 0.0265. The van der Waals surface area contributed by atoms with E-state index in [9.17, 15) is 9.18 Å². The van der Waals surface area contributed by atoms with Gasteiger partial charge in [0.15, 0.2) is 0 Å². The quantitative estimate of drug-likeness (QED) is 0.782. The Morgan fingerprint density at radius 3 is 3.12 bits per heavy atom. The SMILES string of the molecule is O=C(c1cc2ccc(F)cc2[nH]1)N1CCOCC1CCc1cnccn1. The molecule has 1 amide bonds. The van der Waals surface area contributed by atoms with Crippen LogP contribution in [0.25, 0.3) is 10.9 Å². The second-order valence-corrected chi connectivity index (χ2v) is 6.38. The summed E-state index contributed by atoms with van der Waals surface area (Å²) in [6, 6.07) is 6.20. The number of benzene rings is 1. The van der Waals surface area contributed by atoms with E-state index in [1.165, 1.54) is 12.1 Å². The summed E-state index contributed by atoms with van der Waals surface area (Å²) in [5.74, 6) is -0.416. The van der Waals surface area contributed by atoms with E-state index in [0.717, 1.165) is 23.9 Å². The second-order valence-electron chi connectivity index (χ2n) is 6.38. The van der Waals surface area contributed by atoms with Crippen molar-refractivity contribution in [2.45, 2.75) is 18.9 Å². The largest absolute Gasteiger partial charge is 0.377 e. The van der Waals surface area contributed by atoms with Gasteiger partial charge >= 0.3 is 0 Å². The number of amides is 1. The van der Waals surface area contributed by atoms with E-state index in [1.54, 1.807) is 30.7 Å². The summed E-state index contributed by atoms with van der Waals surface area (Å²) < 4.78 is 19.0. The Balaban J connectivity index is 1.51. The van der Waals surface area contributed by atoms with Crippen LogP contribution in [0.15, 0.2) is 42.9 Å². The number of carbonyl (C=O) groups excluding carboxylic acids is 1. The summed E-state index contributed by atoms with van der Waals surface area (Å²) in [7, 11) is 0. The zero-order valence-electron chi connectivity index (χ0n) is 14.2. The average molecular weight is 354 g/mol.